The molecule has 5 heteroatoms. The van der Waals surface area contributed by atoms with E-state index in [4.69, 9.17) is 0 Å². The first-order valence-electron chi connectivity index (χ1n) is 9.28. The molecule has 0 aliphatic heterocycles. The van der Waals surface area contributed by atoms with E-state index in [0.29, 0.717) is 23.4 Å². The van der Waals surface area contributed by atoms with Crippen LogP contribution in [0, 0.1) is 0 Å². The summed E-state index contributed by atoms with van der Waals surface area (Å²) < 4.78 is 0. The van der Waals surface area contributed by atoms with Gasteiger partial charge in [0.1, 0.15) is 0 Å². The topological polar surface area (TPSA) is 70.2 Å². The van der Waals surface area contributed by atoms with Crippen LogP contribution in [0.15, 0.2) is 78.9 Å². The number of carbonyl (C=O) groups is 2. The molecule has 0 aliphatic rings. The molecule has 0 radical (unpaired) electrons. The molecule has 3 rings (SSSR count). The second kappa shape index (κ2) is 9.37. The summed E-state index contributed by atoms with van der Waals surface area (Å²) in [6, 6.07) is 24.2. The van der Waals surface area contributed by atoms with Gasteiger partial charge in [0.2, 0.25) is 5.91 Å². The summed E-state index contributed by atoms with van der Waals surface area (Å²) in [5.41, 5.74) is 3.56. The molecule has 3 N–H and O–H groups in total. The normalized spacial score (nSPS) is 10.2. The van der Waals surface area contributed by atoms with Crippen molar-refractivity contribution < 1.29 is 9.59 Å². The van der Waals surface area contributed by atoms with Gasteiger partial charge in [-0.25, -0.2) is 0 Å². The molecule has 0 saturated heterocycles. The number of para-hydroxylation sites is 2. The Balaban J connectivity index is 1.69. The first-order chi connectivity index (χ1) is 13.7. The van der Waals surface area contributed by atoms with Gasteiger partial charge in [-0.3, -0.25) is 9.59 Å². The molecule has 0 saturated carbocycles. The van der Waals surface area contributed by atoms with Crippen LogP contribution in [0.4, 0.5) is 22.7 Å². The summed E-state index contributed by atoms with van der Waals surface area (Å²) in [5.74, 6) is -0.220. The smallest absolute Gasteiger partial charge is 0.257 e. The van der Waals surface area contributed by atoms with Crippen LogP contribution in [-0.4, -0.2) is 11.8 Å². The van der Waals surface area contributed by atoms with E-state index in [-0.39, 0.29) is 11.8 Å². The van der Waals surface area contributed by atoms with Gasteiger partial charge in [0.15, 0.2) is 0 Å². The molecule has 28 heavy (non-hydrogen) atoms. The van der Waals surface area contributed by atoms with Crippen molar-refractivity contribution in [2.24, 2.45) is 0 Å². The zero-order valence-electron chi connectivity index (χ0n) is 15.7. The van der Waals surface area contributed by atoms with Crippen molar-refractivity contribution >= 4 is 34.6 Å². The highest BCUT2D eigenvalue weighted by molar-refractivity contribution is 6.08. The molecule has 0 aromatic heterocycles. The van der Waals surface area contributed by atoms with Gasteiger partial charge in [-0.2, -0.15) is 0 Å². The Labute approximate surface area is 164 Å². The zero-order chi connectivity index (χ0) is 19.8. The van der Waals surface area contributed by atoms with E-state index in [2.05, 4.69) is 16.0 Å². The van der Waals surface area contributed by atoms with Crippen molar-refractivity contribution in [2.75, 3.05) is 16.0 Å². The van der Waals surface area contributed by atoms with E-state index < -0.39 is 0 Å². The largest absolute Gasteiger partial charge is 0.355 e. The van der Waals surface area contributed by atoms with Crippen molar-refractivity contribution in [3.05, 3.63) is 84.4 Å². The van der Waals surface area contributed by atoms with Gasteiger partial charge in [0.25, 0.3) is 5.91 Å². The minimum Gasteiger partial charge on any atom is -0.355 e. The van der Waals surface area contributed by atoms with Gasteiger partial charge in [0.05, 0.1) is 11.3 Å². The van der Waals surface area contributed by atoms with Crippen molar-refractivity contribution in [1.29, 1.82) is 0 Å². The molecule has 3 aromatic rings. The van der Waals surface area contributed by atoms with Gasteiger partial charge >= 0.3 is 0 Å². The molecule has 0 spiro atoms. The third-order valence-electron chi connectivity index (χ3n) is 4.13. The summed E-state index contributed by atoms with van der Waals surface area (Å²) in [6.07, 6.45) is 1.29. The van der Waals surface area contributed by atoms with E-state index in [9.17, 15) is 9.59 Å². The average Bonchev–Trinajstić information content (AvgIpc) is 2.71. The Kier molecular flexibility index (Phi) is 6.41. The van der Waals surface area contributed by atoms with Crippen LogP contribution >= 0.6 is 0 Å². The highest BCUT2D eigenvalue weighted by Crippen LogP contribution is 2.22. The lowest BCUT2D eigenvalue weighted by Crippen LogP contribution is -2.14. The number of nitrogens with one attached hydrogen (secondary N) is 3. The SMILES string of the molecule is CCCC(=O)Nc1ccc(NC(=O)c2ccccc2Nc2ccccc2)cc1. The van der Waals surface area contributed by atoms with Gasteiger partial charge in [0, 0.05) is 23.5 Å². The van der Waals surface area contributed by atoms with Gasteiger partial charge in [-0.05, 0) is 55.0 Å². The van der Waals surface area contributed by atoms with Gasteiger partial charge in [-0.15, -0.1) is 0 Å². The Morgan fingerprint density at radius 2 is 1.32 bits per heavy atom. The molecule has 2 amide bonds. The lowest BCUT2D eigenvalue weighted by atomic mass is 10.1. The van der Waals surface area contributed by atoms with Crippen molar-refractivity contribution in [2.45, 2.75) is 19.8 Å². The van der Waals surface area contributed by atoms with Crippen LogP contribution < -0.4 is 16.0 Å². The minimum absolute atomic E-state index is 0.0137. The molecule has 0 atom stereocenters. The van der Waals surface area contributed by atoms with E-state index in [0.717, 1.165) is 17.8 Å². The van der Waals surface area contributed by atoms with Crippen molar-refractivity contribution in [1.82, 2.24) is 0 Å². The van der Waals surface area contributed by atoms with Crippen LogP contribution in [0.5, 0.6) is 0 Å². The number of hydrogen-bond acceptors (Lipinski definition) is 3. The van der Waals surface area contributed by atoms with E-state index in [1.165, 1.54) is 0 Å². The number of hydrogen-bond donors (Lipinski definition) is 3. The summed E-state index contributed by atoms with van der Waals surface area (Å²) in [4.78, 5) is 24.4. The highest BCUT2D eigenvalue weighted by atomic mass is 16.2. The Morgan fingerprint density at radius 1 is 0.714 bits per heavy atom. The molecule has 3 aromatic carbocycles. The third-order valence-corrected chi connectivity index (χ3v) is 4.13. The predicted octanol–water partition coefficient (Wildman–Crippen LogP) is 5.42. The lowest BCUT2D eigenvalue weighted by molar-refractivity contribution is -0.116. The summed E-state index contributed by atoms with van der Waals surface area (Å²) in [6.45, 7) is 1.96. The lowest BCUT2D eigenvalue weighted by Gasteiger charge is -2.13. The molecule has 0 heterocycles. The summed E-state index contributed by atoms with van der Waals surface area (Å²) in [5, 5.41) is 9.00. The van der Waals surface area contributed by atoms with Crippen molar-refractivity contribution in [3.63, 3.8) is 0 Å². The molecule has 0 fully saturated rings. The number of anilines is 4. The molecule has 0 unspecified atom stereocenters. The van der Waals surface area contributed by atoms with Crippen LogP contribution in [-0.2, 0) is 4.79 Å². The standard InChI is InChI=1S/C23H23N3O2/c1-2-8-22(27)25-18-13-15-19(16-14-18)26-23(28)20-11-6-7-12-21(20)24-17-9-4-3-5-10-17/h3-7,9-16,24H,2,8H2,1H3,(H,25,27)(H,26,28). The van der Waals surface area contributed by atoms with Gasteiger partial charge < -0.3 is 16.0 Å². The monoisotopic (exact) mass is 373 g/mol. The van der Waals surface area contributed by atoms with Crippen LogP contribution in [0.1, 0.15) is 30.1 Å². The first kappa shape index (κ1) is 19.2. The Bertz CT molecular complexity index is 938. The molecule has 0 aliphatic carbocycles. The van der Waals surface area contributed by atoms with Crippen molar-refractivity contribution in [3.8, 4) is 0 Å². The molecule has 142 valence electrons. The predicted molar refractivity (Wildman–Crippen MR) is 114 cm³/mol. The van der Waals surface area contributed by atoms with Crippen LogP contribution in [0.25, 0.3) is 0 Å². The minimum atomic E-state index is -0.207. The van der Waals surface area contributed by atoms with Crippen LogP contribution in [0.2, 0.25) is 0 Å². The second-order valence-electron chi connectivity index (χ2n) is 6.37. The Morgan fingerprint density at radius 3 is 2.00 bits per heavy atom. The number of benzene rings is 3. The fourth-order valence-electron chi connectivity index (χ4n) is 2.75. The first-order valence-corrected chi connectivity index (χ1v) is 9.28. The molecular weight excluding hydrogens is 350 g/mol. The fraction of sp³-hybridized carbons (Fsp3) is 0.130. The number of carbonyl (C=O) groups excluding carboxylic acids is 2. The Hall–Kier alpha value is -3.60. The molecule has 5 nitrogen and oxygen atoms in total. The highest BCUT2D eigenvalue weighted by Gasteiger charge is 2.11. The zero-order valence-corrected chi connectivity index (χ0v) is 15.7. The summed E-state index contributed by atoms with van der Waals surface area (Å²) in [7, 11) is 0. The maximum Gasteiger partial charge on any atom is 0.257 e. The molecule has 0 bridgehead atoms. The molecular formula is C23H23N3O2. The fourth-order valence-corrected chi connectivity index (χ4v) is 2.75. The quantitative estimate of drug-likeness (QED) is 0.518. The van der Waals surface area contributed by atoms with Crippen LogP contribution in [0.3, 0.4) is 0 Å². The summed E-state index contributed by atoms with van der Waals surface area (Å²) >= 11 is 0. The number of amides is 2. The maximum atomic E-state index is 12.8. The second-order valence-corrected chi connectivity index (χ2v) is 6.37. The van der Waals surface area contributed by atoms with E-state index >= 15 is 0 Å². The van der Waals surface area contributed by atoms with E-state index in [1.807, 2.05) is 55.5 Å². The maximum absolute atomic E-state index is 12.8. The van der Waals surface area contributed by atoms with E-state index in [1.54, 1.807) is 30.3 Å². The third kappa shape index (κ3) is 5.20. The van der Waals surface area contributed by atoms with Gasteiger partial charge in [-0.1, -0.05) is 37.3 Å². The number of rotatable bonds is 7. The average molecular weight is 373 g/mol.